The highest BCUT2D eigenvalue weighted by Gasteiger charge is 2.18. The van der Waals surface area contributed by atoms with Crippen molar-refractivity contribution < 1.29 is 14.4 Å². The summed E-state index contributed by atoms with van der Waals surface area (Å²) < 4.78 is 0. The Bertz CT molecular complexity index is 400. The van der Waals surface area contributed by atoms with E-state index in [1.807, 2.05) is 6.07 Å². The summed E-state index contributed by atoms with van der Waals surface area (Å²) >= 11 is 0. The highest BCUT2D eigenvalue weighted by atomic mass is 16.2. The van der Waals surface area contributed by atoms with Crippen LogP contribution in [-0.4, -0.2) is 24.5 Å². The molecule has 1 unspecified atom stereocenters. The van der Waals surface area contributed by atoms with E-state index in [2.05, 4.69) is 5.32 Å². The number of amides is 1. The topological polar surface area (TPSA) is 63.2 Å². The predicted molar refractivity (Wildman–Crippen MR) is 63.6 cm³/mol. The number of benzene rings is 1. The molecule has 1 aromatic rings. The molecule has 1 atom stereocenters. The number of carbonyl (C=O) groups is 3. The van der Waals surface area contributed by atoms with Gasteiger partial charge in [-0.2, -0.15) is 0 Å². The Morgan fingerprint density at radius 2 is 1.94 bits per heavy atom. The molecule has 0 aliphatic carbocycles. The third-order valence-corrected chi connectivity index (χ3v) is 2.35. The number of aldehydes is 1. The molecule has 0 aliphatic heterocycles. The monoisotopic (exact) mass is 233 g/mol. The predicted octanol–water partition coefficient (Wildman–Crippen LogP) is 1.06. The lowest BCUT2D eigenvalue weighted by molar-refractivity contribution is -0.125. The molecule has 4 nitrogen and oxygen atoms in total. The van der Waals surface area contributed by atoms with E-state index in [0.29, 0.717) is 11.8 Å². The molecule has 1 amide bonds. The van der Waals surface area contributed by atoms with Crippen LogP contribution in [0, 0.1) is 0 Å². The van der Waals surface area contributed by atoms with Gasteiger partial charge in [0.2, 0.25) is 5.91 Å². The number of Topliss-reactive ketones (excluding diaryl/α,β-unsaturated/α-hetero) is 1. The summed E-state index contributed by atoms with van der Waals surface area (Å²) in [7, 11) is 0. The Hall–Kier alpha value is -1.97. The van der Waals surface area contributed by atoms with Gasteiger partial charge in [0.1, 0.15) is 18.0 Å². The number of hydrogen-bond donors (Lipinski definition) is 1. The molecule has 1 rings (SSSR count). The Morgan fingerprint density at radius 3 is 2.47 bits per heavy atom. The fraction of sp³-hybridized carbons (Fsp3) is 0.308. The van der Waals surface area contributed by atoms with E-state index in [1.54, 1.807) is 24.3 Å². The summed E-state index contributed by atoms with van der Waals surface area (Å²) in [6.45, 7) is 1.73. The van der Waals surface area contributed by atoms with Gasteiger partial charge >= 0.3 is 0 Å². The average Bonchev–Trinajstić information content (AvgIpc) is 2.31. The van der Waals surface area contributed by atoms with Crippen molar-refractivity contribution in [3.8, 4) is 0 Å². The average molecular weight is 233 g/mol. The first kappa shape index (κ1) is 13.1. The van der Waals surface area contributed by atoms with Gasteiger partial charge in [-0.05, 0) is 12.5 Å². The van der Waals surface area contributed by atoms with E-state index in [9.17, 15) is 14.4 Å². The molecule has 17 heavy (non-hydrogen) atoms. The normalized spacial score (nSPS) is 11.6. The summed E-state index contributed by atoms with van der Waals surface area (Å²) in [6.07, 6.45) is 0.893. The van der Waals surface area contributed by atoms with E-state index in [0.717, 1.165) is 0 Å². The van der Waals surface area contributed by atoms with E-state index in [-0.39, 0.29) is 24.7 Å². The summed E-state index contributed by atoms with van der Waals surface area (Å²) in [4.78, 5) is 33.3. The molecule has 0 heterocycles. The number of hydrogen-bond acceptors (Lipinski definition) is 3. The number of carbonyl (C=O) groups excluding carboxylic acids is 3. The van der Waals surface area contributed by atoms with Crippen molar-refractivity contribution in [3.05, 3.63) is 35.9 Å². The van der Waals surface area contributed by atoms with Gasteiger partial charge in [0, 0.05) is 13.0 Å². The maximum absolute atomic E-state index is 11.7. The van der Waals surface area contributed by atoms with Gasteiger partial charge in [0.05, 0.1) is 0 Å². The minimum Gasteiger partial charge on any atom is -0.355 e. The van der Waals surface area contributed by atoms with Crippen LogP contribution >= 0.6 is 0 Å². The van der Waals surface area contributed by atoms with Gasteiger partial charge in [-0.15, -0.1) is 0 Å². The quantitative estimate of drug-likeness (QED) is 0.590. The summed E-state index contributed by atoms with van der Waals surface area (Å²) in [5, 5.41) is 2.57. The van der Waals surface area contributed by atoms with Crippen LogP contribution in [0.1, 0.15) is 24.8 Å². The largest absolute Gasteiger partial charge is 0.355 e. The number of rotatable bonds is 6. The van der Waals surface area contributed by atoms with Crippen LogP contribution in [-0.2, 0) is 14.4 Å². The molecule has 0 saturated heterocycles. The molecule has 0 bridgehead atoms. The molecule has 0 fully saturated rings. The molecule has 0 spiro atoms. The maximum atomic E-state index is 11.7. The first-order valence-corrected chi connectivity index (χ1v) is 5.42. The van der Waals surface area contributed by atoms with Crippen LogP contribution in [0.15, 0.2) is 30.3 Å². The number of nitrogens with one attached hydrogen (secondary N) is 1. The Labute approximate surface area is 100 Å². The van der Waals surface area contributed by atoms with Crippen molar-refractivity contribution >= 4 is 18.0 Å². The first-order valence-electron chi connectivity index (χ1n) is 5.42. The second-order valence-electron chi connectivity index (χ2n) is 3.77. The molecule has 1 aromatic carbocycles. The fourth-order valence-electron chi connectivity index (χ4n) is 1.42. The molecular formula is C13H15NO3. The lowest BCUT2D eigenvalue weighted by Gasteiger charge is -2.10. The maximum Gasteiger partial charge on any atom is 0.234 e. The highest BCUT2D eigenvalue weighted by Crippen LogP contribution is 2.12. The minimum absolute atomic E-state index is 0.00710. The van der Waals surface area contributed by atoms with Crippen molar-refractivity contribution in [2.24, 2.45) is 0 Å². The van der Waals surface area contributed by atoms with Gasteiger partial charge in [-0.1, -0.05) is 30.3 Å². The van der Waals surface area contributed by atoms with Crippen molar-refractivity contribution in [3.63, 3.8) is 0 Å². The van der Waals surface area contributed by atoms with Crippen LogP contribution in [0.4, 0.5) is 0 Å². The summed E-state index contributed by atoms with van der Waals surface area (Å²) in [5.74, 6) is -1.16. The Kier molecular flexibility index (Phi) is 5.07. The van der Waals surface area contributed by atoms with E-state index in [4.69, 9.17) is 0 Å². The zero-order chi connectivity index (χ0) is 12.7. The van der Waals surface area contributed by atoms with Gasteiger partial charge in [-0.3, -0.25) is 9.59 Å². The van der Waals surface area contributed by atoms with Gasteiger partial charge in [0.25, 0.3) is 0 Å². The molecule has 0 aromatic heterocycles. The molecule has 0 saturated carbocycles. The van der Waals surface area contributed by atoms with Crippen molar-refractivity contribution in [1.82, 2.24) is 5.32 Å². The highest BCUT2D eigenvalue weighted by molar-refractivity contribution is 5.97. The Morgan fingerprint density at radius 1 is 1.29 bits per heavy atom. The standard InChI is InChI=1S/C13H15NO3/c1-10(16)7-8-14-13(17)12(9-15)11-5-3-2-4-6-11/h2-6,9,12H,7-8H2,1H3,(H,14,17). The lowest BCUT2D eigenvalue weighted by Crippen LogP contribution is -2.31. The SMILES string of the molecule is CC(=O)CCNC(=O)C(C=O)c1ccccc1. The summed E-state index contributed by atoms with van der Waals surface area (Å²) in [5.41, 5.74) is 0.655. The van der Waals surface area contributed by atoms with E-state index >= 15 is 0 Å². The molecular weight excluding hydrogens is 218 g/mol. The third-order valence-electron chi connectivity index (χ3n) is 2.35. The van der Waals surface area contributed by atoms with Crippen molar-refractivity contribution in [2.45, 2.75) is 19.3 Å². The van der Waals surface area contributed by atoms with Crippen LogP contribution in [0.25, 0.3) is 0 Å². The molecule has 1 N–H and O–H groups in total. The van der Waals surface area contributed by atoms with Gasteiger partial charge < -0.3 is 10.1 Å². The van der Waals surface area contributed by atoms with E-state index in [1.165, 1.54) is 6.92 Å². The molecule has 0 radical (unpaired) electrons. The van der Waals surface area contributed by atoms with Crippen LogP contribution < -0.4 is 5.32 Å². The molecule has 4 heteroatoms. The summed E-state index contributed by atoms with van der Waals surface area (Å²) in [6, 6.07) is 8.82. The van der Waals surface area contributed by atoms with Crippen molar-refractivity contribution in [1.29, 1.82) is 0 Å². The lowest BCUT2D eigenvalue weighted by atomic mass is 10.00. The molecule has 0 aliphatic rings. The zero-order valence-corrected chi connectivity index (χ0v) is 9.68. The minimum atomic E-state index is -0.803. The van der Waals surface area contributed by atoms with Gasteiger partial charge in [0.15, 0.2) is 0 Å². The zero-order valence-electron chi connectivity index (χ0n) is 9.68. The smallest absolute Gasteiger partial charge is 0.234 e. The molecule has 90 valence electrons. The van der Waals surface area contributed by atoms with Crippen molar-refractivity contribution in [2.75, 3.05) is 6.54 Å². The number of ketones is 1. The van der Waals surface area contributed by atoms with Crippen LogP contribution in [0.2, 0.25) is 0 Å². The van der Waals surface area contributed by atoms with Gasteiger partial charge in [-0.25, -0.2) is 0 Å². The van der Waals surface area contributed by atoms with Crippen LogP contribution in [0.5, 0.6) is 0 Å². The van der Waals surface area contributed by atoms with Crippen LogP contribution in [0.3, 0.4) is 0 Å². The second kappa shape index (κ2) is 6.58. The Balaban J connectivity index is 2.59. The second-order valence-corrected chi connectivity index (χ2v) is 3.77. The third kappa shape index (κ3) is 4.18. The first-order chi connectivity index (χ1) is 8.15. The van der Waals surface area contributed by atoms with E-state index < -0.39 is 5.92 Å². The fourth-order valence-corrected chi connectivity index (χ4v) is 1.42.